The van der Waals surface area contributed by atoms with Gasteiger partial charge >= 0.3 is 5.97 Å². The van der Waals surface area contributed by atoms with Crippen molar-refractivity contribution in [3.8, 4) is 0 Å². The van der Waals surface area contributed by atoms with Crippen LogP contribution in [0.3, 0.4) is 0 Å². The average Bonchev–Trinajstić information content (AvgIpc) is 2.62. The van der Waals surface area contributed by atoms with Gasteiger partial charge in [-0.2, -0.15) is 0 Å². The molecule has 1 atom stereocenters. The molecule has 16 heavy (non-hydrogen) atoms. The first-order valence-electron chi connectivity index (χ1n) is 4.62. The molecule has 5 heteroatoms. The van der Waals surface area contributed by atoms with Crippen molar-refractivity contribution < 1.29 is 9.90 Å². The van der Waals surface area contributed by atoms with Crippen molar-refractivity contribution in [3.63, 3.8) is 0 Å². The fourth-order valence-corrected chi connectivity index (χ4v) is 2.49. The Balaban J connectivity index is 0.00000128. The van der Waals surface area contributed by atoms with Crippen molar-refractivity contribution in [1.82, 2.24) is 0 Å². The van der Waals surface area contributed by atoms with E-state index in [2.05, 4.69) is 0 Å². The zero-order chi connectivity index (χ0) is 10.8. The van der Waals surface area contributed by atoms with E-state index in [1.165, 1.54) is 4.70 Å². The van der Waals surface area contributed by atoms with E-state index in [0.717, 1.165) is 10.9 Å². The molecule has 0 aliphatic carbocycles. The summed E-state index contributed by atoms with van der Waals surface area (Å²) in [5.41, 5.74) is 6.52. The molecule has 0 fully saturated rings. The summed E-state index contributed by atoms with van der Waals surface area (Å²) < 4.78 is 1.17. The van der Waals surface area contributed by atoms with Crippen molar-refractivity contribution >= 4 is 39.8 Å². The van der Waals surface area contributed by atoms with E-state index in [-0.39, 0.29) is 12.4 Å². The maximum absolute atomic E-state index is 10.6. The van der Waals surface area contributed by atoms with Gasteiger partial charge in [0, 0.05) is 4.70 Å². The summed E-state index contributed by atoms with van der Waals surface area (Å²) in [6.45, 7) is 0. The molecular weight excluding hydrogens is 246 g/mol. The van der Waals surface area contributed by atoms with Crippen LogP contribution >= 0.6 is 23.7 Å². The molecular formula is C11H12ClNO2S. The molecule has 0 saturated carbocycles. The van der Waals surface area contributed by atoms with E-state index in [1.54, 1.807) is 11.3 Å². The number of fused-ring (bicyclic) bond motifs is 1. The molecule has 86 valence electrons. The number of hydrogen-bond acceptors (Lipinski definition) is 3. The molecule has 3 N–H and O–H groups in total. The van der Waals surface area contributed by atoms with Gasteiger partial charge in [-0.3, -0.25) is 4.79 Å². The Labute approximate surface area is 103 Å². The Kier molecular flexibility index (Phi) is 4.29. The second kappa shape index (κ2) is 5.30. The highest BCUT2D eigenvalue weighted by atomic mass is 35.5. The Morgan fingerprint density at radius 3 is 2.81 bits per heavy atom. The maximum Gasteiger partial charge on any atom is 0.320 e. The maximum atomic E-state index is 10.6. The number of rotatable bonds is 3. The minimum absolute atomic E-state index is 0. The first-order chi connectivity index (χ1) is 7.18. The lowest BCUT2D eigenvalue weighted by Crippen LogP contribution is -2.32. The first kappa shape index (κ1) is 13.0. The minimum Gasteiger partial charge on any atom is -0.480 e. The summed E-state index contributed by atoms with van der Waals surface area (Å²) in [5, 5.41) is 11.8. The number of halogens is 1. The van der Waals surface area contributed by atoms with E-state index in [4.69, 9.17) is 10.8 Å². The lowest BCUT2D eigenvalue weighted by atomic mass is 10.1. The lowest BCUT2D eigenvalue weighted by molar-refractivity contribution is -0.138. The Morgan fingerprint density at radius 2 is 2.12 bits per heavy atom. The molecule has 1 aromatic carbocycles. The van der Waals surface area contributed by atoms with Crippen molar-refractivity contribution in [2.75, 3.05) is 0 Å². The van der Waals surface area contributed by atoms with E-state index in [1.807, 2.05) is 29.6 Å². The monoisotopic (exact) mass is 257 g/mol. The van der Waals surface area contributed by atoms with Crippen molar-refractivity contribution in [2.24, 2.45) is 5.73 Å². The van der Waals surface area contributed by atoms with Gasteiger partial charge in [-0.1, -0.05) is 18.2 Å². The SMILES string of the molecule is Cl.N[C@@H](Cc1csc2ccccc12)C(=O)O. The number of thiophene rings is 1. The third-order valence-corrected chi connectivity index (χ3v) is 3.33. The predicted molar refractivity (Wildman–Crippen MR) is 68.4 cm³/mol. The van der Waals surface area contributed by atoms with Crippen LogP contribution in [0, 0.1) is 0 Å². The molecule has 0 unspecified atom stereocenters. The standard InChI is InChI=1S/C11H11NO2S.ClH/c12-9(11(13)14)5-7-6-15-10-4-2-1-3-8(7)10;/h1-4,6,9H,5,12H2,(H,13,14);1H/t9-;/m0./s1. The number of nitrogens with two attached hydrogens (primary N) is 1. The number of benzene rings is 1. The zero-order valence-electron chi connectivity index (χ0n) is 8.42. The summed E-state index contributed by atoms with van der Waals surface area (Å²) in [6.07, 6.45) is 0.388. The minimum atomic E-state index is -0.953. The van der Waals surface area contributed by atoms with Crippen LogP contribution in [-0.4, -0.2) is 17.1 Å². The molecule has 2 rings (SSSR count). The van der Waals surface area contributed by atoms with Crippen LogP contribution in [-0.2, 0) is 11.2 Å². The lowest BCUT2D eigenvalue weighted by Gasteiger charge is -2.04. The zero-order valence-corrected chi connectivity index (χ0v) is 10.1. The van der Waals surface area contributed by atoms with Crippen LogP contribution in [0.25, 0.3) is 10.1 Å². The molecule has 0 amide bonds. The Hall–Kier alpha value is -1.10. The van der Waals surface area contributed by atoms with Gasteiger partial charge in [-0.05, 0) is 28.8 Å². The van der Waals surface area contributed by atoms with Gasteiger partial charge in [0.1, 0.15) is 6.04 Å². The molecule has 2 aromatic rings. The number of aliphatic carboxylic acids is 1. The summed E-state index contributed by atoms with van der Waals surface area (Å²) in [7, 11) is 0. The molecule has 0 aliphatic rings. The fraction of sp³-hybridized carbons (Fsp3) is 0.182. The van der Waals surface area contributed by atoms with E-state index in [0.29, 0.717) is 6.42 Å². The number of hydrogen-bond donors (Lipinski definition) is 2. The van der Waals surface area contributed by atoms with E-state index < -0.39 is 12.0 Å². The third kappa shape index (κ3) is 2.52. The predicted octanol–water partition coefficient (Wildman–Crippen LogP) is 2.28. The summed E-state index contributed by atoms with van der Waals surface area (Å²) in [5.74, 6) is -0.953. The first-order valence-corrected chi connectivity index (χ1v) is 5.50. The molecule has 0 radical (unpaired) electrons. The summed E-state index contributed by atoms with van der Waals surface area (Å²) in [4.78, 5) is 10.6. The highest BCUT2D eigenvalue weighted by Crippen LogP contribution is 2.26. The van der Waals surface area contributed by atoms with Gasteiger partial charge in [0.2, 0.25) is 0 Å². The van der Waals surface area contributed by atoms with Gasteiger partial charge in [-0.15, -0.1) is 23.7 Å². The highest BCUT2D eigenvalue weighted by Gasteiger charge is 2.14. The molecule has 1 heterocycles. The van der Waals surface area contributed by atoms with Crippen LogP contribution in [0.4, 0.5) is 0 Å². The fourth-order valence-electron chi connectivity index (χ4n) is 1.52. The smallest absolute Gasteiger partial charge is 0.320 e. The van der Waals surface area contributed by atoms with Crippen LogP contribution in [0.2, 0.25) is 0 Å². The van der Waals surface area contributed by atoms with Crippen molar-refractivity contribution in [1.29, 1.82) is 0 Å². The second-order valence-corrected chi connectivity index (χ2v) is 4.32. The summed E-state index contributed by atoms with van der Waals surface area (Å²) >= 11 is 1.62. The number of carboxylic acid groups (broad SMARTS) is 1. The third-order valence-electron chi connectivity index (χ3n) is 2.32. The highest BCUT2D eigenvalue weighted by molar-refractivity contribution is 7.17. The van der Waals surface area contributed by atoms with Gasteiger partial charge < -0.3 is 10.8 Å². The van der Waals surface area contributed by atoms with E-state index >= 15 is 0 Å². The van der Waals surface area contributed by atoms with Crippen molar-refractivity contribution in [3.05, 3.63) is 35.2 Å². The van der Waals surface area contributed by atoms with Gasteiger partial charge in [0.15, 0.2) is 0 Å². The van der Waals surface area contributed by atoms with Gasteiger partial charge in [0.25, 0.3) is 0 Å². The molecule has 0 bridgehead atoms. The van der Waals surface area contributed by atoms with Gasteiger partial charge in [-0.25, -0.2) is 0 Å². The Bertz CT molecular complexity index is 497. The topological polar surface area (TPSA) is 63.3 Å². The average molecular weight is 258 g/mol. The summed E-state index contributed by atoms with van der Waals surface area (Å²) in [6, 6.07) is 7.12. The number of carboxylic acids is 1. The quantitative estimate of drug-likeness (QED) is 0.887. The largest absolute Gasteiger partial charge is 0.480 e. The molecule has 3 nitrogen and oxygen atoms in total. The molecule has 0 saturated heterocycles. The normalized spacial score (nSPS) is 12.1. The van der Waals surface area contributed by atoms with Crippen molar-refractivity contribution in [2.45, 2.75) is 12.5 Å². The van der Waals surface area contributed by atoms with Crippen LogP contribution in [0.1, 0.15) is 5.56 Å². The Morgan fingerprint density at radius 1 is 1.44 bits per heavy atom. The molecule has 1 aromatic heterocycles. The van der Waals surface area contributed by atoms with Crippen LogP contribution in [0.5, 0.6) is 0 Å². The van der Waals surface area contributed by atoms with Crippen LogP contribution in [0.15, 0.2) is 29.6 Å². The van der Waals surface area contributed by atoms with Gasteiger partial charge in [0.05, 0.1) is 0 Å². The number of carbonyl (C=O) groups is 1. The molecule has 0 aliphatic heterocycles. The van der Waals surface area contributed by atoms with E-state index in [9.17, 15) is 4.79 Å². The van der Waals surface area contributed by atoms with Crippen LogP contribution < -0.4 is 5.73 Å². The molecule has 0 spiro atoms. The second-order valence-electron chi connectivity index (χ2n) is 3.41.